The summed E-state index contributed by atoms with van der Waals surface area (Å²) >= 11 is 1.93. The van der Waals surface area contributed by atoms with Gasteiger partial charge in [0.05, 0.1) is 0 Å². The lowest BCUT2D eigenvalue weighted by Crippen LogP contribution is -1.76. The predicted octanol–water partition coefficient (Wildman–Crippen LogP) is 4.44. The van der Waals surface area contributed by atoms with E-state index in [9.17, 15) is 0 Å². The van der Waals surface area contributed by atoms with E-state index < -0.39 is 0 Å². The van der Waals surface area contributed by atoms with Gasteiger partial charge in [-0.1, -0.05) is 52.4 Å². The van der Waals surface area contributed by atoms with Crippen molar-refractivity contribution in [2.75, 3.05) is 5.75 Å². The molecule has 1 aromatic rings. The predicted molar refractivity (Wildman–Crippen MR) is 64.6 cm³/mol. The average Bonchev–Trinajstić information content (AvgIpc) is 2.91. The summed E-state index contributed by atoms with van der Waals surface area (Å²) in [6.45, 7) is 2.23. The van der Waals surface area contributed by atoms with E-state index in [4.69, 9.17) is 0 Å². The van der Waals surface area contributed by atoms with Crippen molar-refractivity contribution >= 4 is 33.3 Å². The molecule has 0 saturated heterocycles. The minimum Gasteiger partial charge on any atom is -0.0938 e. The van der Waals surface area contributed by atoms with Crippen molar-refractivity contribution in [3.8, 4) is 0 Å². The molecule has 0 aliphatic carbocycles. The molecule has 1 heterocycles. The third-order valence-corrected chi connectivity index (χ3v) is 5.38. The van der Waals surface area contributed by atoms with Crippen LogP contribution in [0.1, 0.15) is 18.9 Å². The van der Waals surface area contributed by atoms with Crippen molar-refractivity contribution in [3.05, 3.63) is 23.8 Å². The molecule has 0 unspecified atom stereocenters. The van der Waals surface area contributed by atoms with E-state index in [-0.39, 0.29) is 0 Å². The highest BCUT2D eigenvalue weighted by atomic mass is 33.1. The average molecular weight is 228 g/mol. The fraction of sp³-hybridized carbons (Fsp3) is 0.400. The Morgan fingerprint density at radius 1 is 1.31 bits per heavy atom. The lowest BCUT2D eigenvalue weighted by Gasteiger charge is -1.98. The van der Waals surface area contributed by atoms with Crippen molar-refractivity contribution in [2.24, 2.45) is 0 Å². The quantitative estimate of drug-likeness (QED) is 0.422. The Morgan fingerprint density at radius 2 is 2.23 bits per heavy atom. The molecule has 70 valence electrons. The Kier molecular flexibility index (Phi) is 3.52. The van der Waals surface area contributed by atoms with Crippen LogP contribution >= 0.6 is 33.3 Å². The zero-order chi connectivity index (χ0) is 9.10. The molecule has 1 aromatic carbocycles. The smallest absolute Gasteiger partial charge is 0.0303 e. The van der Waals surface area contributed by atoms with Gasteiger partial charge in [-0.15, -0.1) is 0 Å². The van der Waals surface area contributed by atoms with Crippen molar-refractivity contribution in [1.82, 2.24) is 0 Å². The molecule has 0 atom stereocenters. The van der Waals surface area contributed by atoms with E-state index in [1.54, 1.807) is 0 Å². The summed E-state index contributed by atoms with van der Waals surface area (Å²) in [6, 6.07) is 6.62. The highest BCUT2D eigenvalue weighted by molar-refractivity contribution is 8.76. The van der Waals surface area contributed by atoms with E-state index in [0.29, 0.717) is 0 Å². The molecule has 0 nitrogen and oxygen atoms in total. The van der Waals surface area contributed by atoms with Crippen LogP contribution < -0.4 is 0 Å². The topological polar surface area (TPSA) is 0 Å². The minimum atomic E-state index is 1.17. The maximum atomic E-state index is 2.25. The summed E-state index contributed by atoms with van der Waals surface area (Å²) in [6.07, 6.45) is 1.28. The number of hydrogen-bond donors (Lipinski definition) is 0. The zero-order valence-corrected chi connectivity index (χ0v) is 10.0. The van der Waals surface area contributed by atoms with E-state index in [0.717, 1.165) is 0 Å². The second-order valence-corrected chi connectivity index (χ2v) is 6.57. The van der Waals surface area contributed by atoms with Crippen LogP contribution in [0.4, 0.5) is 0 Å². The van der Waals surface area contributed by atoms with Gasteiger partial charge in [0.2, 0.25) is 0 Å². The third kappa shape index (κ3) is 2.61. The number of rotatable bonds is 5. The molecule has 1 aliphatic rings. The Hall–Kier alpha value is 0.270. The van der Waals surface area contributed by atoms with Gasteiger partial charge in [-0.05, 0) is 18.1 Å². The molecule has 0 fully saturated rings. The van der Waals surface area contributed by atoms with Crippen LogP contribution in [-0.2, 0) is 5.75 Å². The van der Waals surface area contributed by atoms with Gasteiger partial charge in [-0.2, -0.15) is 0 Å². The molecule has 1 aliphatic heterocycles. The minimum absolute atomic E-state index is 1.17. The lowest BCUT2D eigenvalue weighted by atomic mass is 10.2. The molecule has 3 heteroatoms. The fourth-order valence-electron chi connectivity index (χ4n) is 1.11. The molecule has 0 spiro atoms. The summed E-state index contributed by atoms with van der Waals surface area (Å²) in [4.78, 5) is 3.02. The molecule has 0 amide bonds. The van der Waals surface area contributed by atoms with Crippen LogP contribution in [0.15, 0.2) is 28.0 Å². The van der Waals surface area contributed by atoms with E-state index in [2.05, 4.69) is 25.1 Å². The number of fused-ring (bicyclic) bond motifs is 1. The van der Waals surface area contributed by atoms with E-state index >= 15 is 0 Å². The Labute approximate surface area is 91.7 Å². The Bertz CT molecular complexity index is 296. The van der Waals surface area contributed by atoms with Gasteiger partial charge in [0.15, 0.2) is 0 Å². The van der Waals surface area contributed by atoms with Gasteiger partial charge in [0.1, 0.15) is 0 Å². The highest BCUT2D eigenvalue weighted by Crippen LogP contribution is 2.51. The van der Waals surface area contributed by atoms with Gasteiger partial charge in [0, 0.05) is 21.3 Å². The first-order chi connectivity index (χ1) is 6.42. The molecule has 2 rings (SSSR count). The molecular formula is C10H12S3. The SMILES string of the molecule is CCCSSCc1cccc2c1S2. The summed E-state index contributed by atoms with van der Waals surface area (Å²) in [7, 11) is 3.97. The lowest BCUT2D eigenvalue weighted by molar-refractivity contribution is 1.11. The summed E-state index contributed by atoms with van der Waals surface area (Å²) in [5.74, 6) is 2.44. The van der Waals surface area contributed by atoms with Crippen molar-refractivity contribution < 1.29 is 0 Å². The van der Waals surface area contributed by atoms with Gasteiger partial charge in [-0.25, -0.2) is 0 Å². The van der Waals surface area contributed by atoms with Gasteiger partial charge in [-0.3, -0.25) is 0 Å². The Morgan fingerprint density at radius 3 is 3.08 bits per heavy atom. The monoisotopic (exact) mass is 228 g/mol. The highest BCUT2D eigenvalue weighted by Gasteiger charge is 2.21. The summed E-state index contributed by atoms with van der Waals surface area (Å²) in [5, 5.41) is 0. The first-order valence-corrected chi connectivity index (χ1v) is 7.76. The molecule has 0 radical (unpaired) electrons. The molecule has 0 aromatic heterocycles. The molecule has 0 bridgehead atoms. The van der Waals surface area contributed by atoms with E-state index in [1.807, 2.05) is 33.3 Å². The van der Waals surface area contributed by atoms with Crippen LogP contribution in [-0.4, -0.2) is 5.75 Å². The van der Waals surface area contributed by atoms with Gasteiger partial charge < -0.3 is 0 Å². The van der Waals surface area contributed by atoms with Crippen molar-refractivity contribution in [3.63, 3.8) is 0 Å². The second kappa shape index (κ2) is 4.67. The van der Waals surface area contributed by atoms with Gasteiger partial charge in [0.25, 0.3) is 0 Å². The standard InChI is InChI=1S/C10H12S3/c1-2-6-11-12-7-8-4-3-5-9-10(8)13-9/h3-5H,2,6-7H2,1H3. The third-order valence-electron chi connectivity index (χ3n) is 1.82. The maximum absolute atomic E-state index is 2.25. The molecule has 0 saturated carbocycles. The number of benzene rings is 1. The zero-order valence-electron chi connectivity index (χ0n) is 7.58. The second-order valence-electron chi connectivity index (χ2n) is 2.93. The van der Waals surface area contributed by atoms with Gasteiger partial charge >= 0.3 is 0 Å². The van der Waals surface area contributed by atoms with E-state index in [1.165, 1.54) is 33.3 Å². The first-order valence-electron chi connectivity index (χ1n) is 4.46. The first kappa shape index (κ1) is 9.81. The van der Waals surface area contributed by atoms with Crippen LogP contribution in [0.2, 0.25) is 0 Å². The normalized spacial score (nSPS) is 12.7. The molecular weight excluding hydrogens is 216 g/mol. The van der Waals surface area contributed by atoms with Crippen molar-refractivity contribution in [2.45, 2.75) is 28.9 Å². The van der Waals surface area contributed by atoms with Crippen LogP contribution in [0, 0.1) is 0 Å². The Balaban J connectivity index is 1.80. The molecule has 0 N–H and O–H groups in total. The largest absolute Gasteiger partial charge is 0.0938 e. The number of hydrogen-bond acceptors (Lipinski definition) is 3. The fourth-order valence-corrected chi connectivity index (χ4v) is 4.20. The summed E-state index contributed by atoms with van der Waals surface area (Å²) < 4.78 is 0. The van der Waals surface area contributed by atoms with Crippen LogP contribution in [0.5, 0.6) is 0 Å². The van der Waals surface area contributed by atoms with Crippen molar-refractivity contribution in [1.29, 1.82) is 0 Å². The maximum Gasteiger partial charge on any atom is 0.0303 e. The molecule has 13 heavy (non-hydrogen) atoms. The van der Waals surface area contributed by atoms with Crippen LogP contribution in [0.25, 0.3) is 0 Å². The summed E-state index contributed by atoms with van der Waals surface area (Å²) in [5.41, 5.74) is 1.52. The van der Waals surface area contributed by atoms with Crippen LogP contribution in [0.3, 0.4) is 0 Å².